The molecule has 0 bridgehead atoms. The third-order valence-electron chi connectivity index (χ3n) is 1.28. The maximum Gasteiger partial charge on any atom is 0.174 e. The largest absolute Gasteiger partial charge is 0.479 e. The van der Waals surface area contributed by atoms with Crippen LogP contribution in [0.3, 0.4) is 0 Å². The van der Waals surface area contributed by atoms with Gasteiger partial charge in [-0.05, 0) is 12.1 Å². The van der Waals surface area contributed by atoms with Crippen LogP contribution in [0.15, 0.2) is 18.2 Å². The highest BCUT2D eigenvalue weighted by molar-refractivity contribution is 5.43. The van der Waals surface area contributed by atoms with Crippen LogP contribution in [0.1, 0.15) is 0 Å². The van der Waals surface area contributed by atoms with Crippen LogP contribution >= 0.6 is 0 Å². The summed E-state index contributed by atoms with van der Waals surface area (Å²) in [6.45, 7) is -0.0939. The van der Waals surface area contributed by atoms with Crippen LogP contribution in [-0.2, 0) is 0 Å². The van der Waals surface area contributed by atoms with E-state index in [0.717, 1.165) is 6.07 Å². The predicted molar refractivity (Wildman–Crippen MR) is 41.9 cm³/mol. The number of anilines is 1. The fourth-order valence-corrected chi connectivity index (χ4v) is 0.713. The molecule has 0 aliphatic rings. The fourth-order valence-electron chi connectivity index (χ4n) is 0.713. The Labute approximate surface area is 69.2 Å². The molecule has 12 heavy (non-hydrogen) atoms. The lowest BCUT2D eigenvalue weighted by Crippen LogP contribution is -1.95. The Bertz CT molecular complexity index is 319. The molecule has 0 aliphatic carbocycles. The van der Waals surface area contributed by atoms with Crippen molar-refractivity contribution in [2.45, 2.75) is 0 Å². The van der Waals surface area contributed by atoms with Gasteiger partial charge in [-0.15, -0.1) is 0 Å². The van der Waals surface area contributed by atoms with E-state index in [1.54, 1.807) is 6.07 Å². The summed E-state index contributed by atoms with van der Waals surface area (Å²) in [4.78, 5) is 0. The molecule has 0 saturated carbocycles. The first-order valence-electron chi connectivity index (χ1n) is 3.29. The van der Waals surface area contributed by atoms with Gasteiger partial charge >= 0.3 is 0 Å². The van der Waals surface area contributed by atoms with Crippen LogP contribution in [-0.4, -0.2) is 6.61 Å². The highest BCUT2D eigenvalue weighted by Gasteiger charge is 1.99. The molecule has 62 valence electrons. The number of halogens is 1. The van der Waals surface area contributed by atoms with Crippen molar-refractivity contribution in [3.05, 3.63) is 24.0 Å². The lowest BCUT2D eigenvalue weighted by molar-refractivity contribution is 0.366. The topological polar surface area (TPSA) is 59.0 Å². The summed E-state index contributed by atoms with van der Waals surface area (Å²) in [7, 11) is 0. The molecule has 0 fully saturated rings. The molecule has 2 N–H and O–H groups in total. The molecule has 0 saturated heterocycles. The minimum Gasteiger partial charge on any atom is -0.479 e. The van der Waals surface area contributed by atoms with Crippen LogP contribution < -0.4 is 10.5 Å². The number of ether oxygens (including phenoxy) is 1. The van der Waals surface area contributed by atoms with E-state index in [4.69, 9.17) is 15.7 Å². The van der Waals surface area contributed by atoms with Gasteiger partial charge in [0.05, 0.1) is 5.69 Å². The standard InChI is InChI=1S/C8H7FN2O/c9-7-5-6(12-4-3-10)1-2-8(7)11/h1-2,5H,4,11H2. The molecular weight excluding hydrogens is 159 g/mol. The van der Waals surface area contributed by atoms with Gasteiger partial charge in [-0.2, -0.15) is 5.26 Å². The van der Waals surface area contributed by atoms with Gasteiger partial charge in [-0.3, -0.25) is 0 Å². The quantitative estimate of drug-likeness (QED) is 0.674. The number of nitrogen functional groups attached to an aromatic ring is 1. The lowest BCUT2D eigenvalue weighted by Gasteiger charge is -2.01. The Kier molecular flexibility index (Phi) is 2.49. The molecule has 0 unspecified atom stereocenters. The van der Waals surface area contributed by atoms with Gasteiger partial charge in [0.1, 0.15) is 17.6 Å². The molecular formula is C8H7FN2O. The van der Waals surface area contributed by atoms with E-state index in [1.165, 1.54) is 12.1 Å². The average molecular weight is 166 g/mol. The number of benzene rings is 1. The van der Waals surface area contributed by atoms with Crippen LogP contribution in [0.25, 0.3) is 0 Å². The van der Waals surface area contributed by atoms with E-state index in [9.17, 15) is 4.39 Å². The lowest BCUT2D eigenvalue weighted by atomic mass is 10.3. The molecule has 0 atom stereocenters. The molecule has 0 aliphatic heterocycles. The molecule has 1 aromatic rings. The van der Waals surface area contributed by atoms with E-state index < -0.39 is 5.82 Å². The summed E-state index contributed by atoms with van der Waals surface area (Å²) < 4.78 is 17.6. The van der Waals surface area contributed by atoms with E-state index in [-0.39, 0.29) is 12.3 Å². The Hall–Kier alpha value is -1.76. The second kappa shape index (κ2) is 3.58. The normalized spacial score (nSPS) is 9.00. The van der Waals surface area contributed by atoms with Crippen molar-refractivity contribution in [1.82, 2.24) is 0 Å². The summed E-state index contributed by atoms with van der Waals surface area (Å²) >= 11 is 0. The number of nitrogens with zero attached hydrogens (tertiary/aromatic N) is 1. The van der Waals surface area contributed by atoms with Gasteiger partial charge < -0.3 is 10.5 Å². The highest BCUT2D eigenvalue weighted by atomic mass is 19.1. The third kappa shape index (κ3) is 1.86. The van der Waals surface area contributed by atoms with Crippen LogP contribution in [0, 0.1) is 17.1 Å². The SMILES string of the molecule is N#CCOc1ccc(N)c(F)c1. The molecule has 0 heterocycles. The minimum atomic E-state index is -0.537. The summed E-state index contributed by atoms with van der Waals surface area (Å²) in [5, 5.41) is 8.16. The monoisotopic (exact) mass is 166 g/mol. The second-order valence-electron chi connectivity index (χ2n) is 2.13. The predicted octanol–water partition coefficient (Wildman–Crippen LogP) is 1.31. The molecule has 1 aromatic carbocycles. The summed E-state index contributed by atoms with van der Waals surface area (Å²) in [6, 6.07) is 5.82. The van der Waals surface area contributed by atoms with Crippen LogP contribution in [0.2, 0.25) is 0 Å². The summed E-state index contributed by atoms with van der Waals surface area (Å²) in [5.74, 6) is -0.228. The van der Waals surface area contributed by atoms with E-state index in [2.05, 4.69) is 0 Å². The number of rotatable bonds is 2. The zero-order chi connectivity index (χ0) is 8.97. The van der Waals surface area contributed by atoms with Gasteiger partial charge in [0, 0.05) is 6.07 Å². The van der Waals surface area contributed by atoms with E-state index >= 15 is 0 Å². The van der Waals surface area contributed by atoms with Crippen molar-refractivity contribution >= 4 is 5.69 Å². The molecule has 0 radical (unpaired) electrons. The van der Waals surface area contributed by atoms with Crippen molar-refractivity contribution < 1.29 is 9.13 Å². The minimum absolute atomic E-state index is 0.0688. The Balaban J connectivity index is 2.77. The number of hydrogen-bond donors (Lipinski definition) is 1. The Morgan fingerprint density at radius 3 is 2.92 bits per heavy atom. The zero-order valence-electron chi connectivity index (χ0n) is 6.25. The van der Waals surface area contributed by atoms with Gasteiger partial charge in [-0.25, -0.2) is 4.39 Å². The molecule has 3 nitrogen and oxygen atoms in total. The molecule has 0 amide bonds. The van der Waals surface area contributed by atoms with Gasteiger partial charge in [0.15, 0.2) is 6.61 Å². The maximum atomic E-state index is 12.7. The van der Waals surface area contributed by atoms with E-state index in [1.807, 2.05) is 0 Å². The van der Waals surface area contributed by atoms with Crippen molar-refractivity contribution in [3.8, 4) is 11.8 Å². The van der Waals surface area contributed by atoms with Crippen molar-refractivity contribution in [1.29, 1.82) is 5.26 Å². The van der Waals surface area contributed by atoms with Crippen LogP contribution in [0.5, 0.6) is 5.75 Å². The molecule has 4 heteroatoms. The maximum absolute atomic E-state index is 12.7. The fraction of sp³-hybridized carbons (Fsp3) is 0.125. The summed E-state index contributed by atoms with van der Waals surface area (Å²) in [6.07, 6.45) is 0. The van der Waals surface area contributed by atoms with Crippen molar-refractivity contribution in [2.24, 2.45) is 0 Å². The first kappa shape index (κ1) is 8.34. The average Bonchev–Trinajstić information content (AvgIpc) is 2.07. The van der Waals surface area contributed by atoms with Crippen molar-refractivity contribution in [3.63, 3.8) is 0 Å². The van der Waals surface area contributed by atoms with Crippen LogP contribution in [0.4, 0.5) is 10.1 Å². The Morgan fingerprint density at radius 1 is 1.58 bits per heavy atom. The number of hydrogen-bond acceptors (Lipinski definition) is 3. The Morgan fingerprint density at radius 2 is 2.33 bits per heavy atom. The van der Waals surface area contributed by atoms with Gasteiger partial charge in [0.2, 0.25) is 0 Å². The molecule has 0 aromatic heterocycles. The van der Waals surface area contributed by atoms with E-state index in [0.29, 0.717) is 5.75 Å². The van der Waals surface area contributed by atoms with Gasteiger partial charge in [-0.1, -0.05) is 0 Å². The smallest absolute Gasteiger partial charge is 0.174 e. The number of nitrogens with two attached hydrogens (primary N) is 1. The first-order chi connectivity index (χ1) is 5.74. The third-order valence-corrected chi connectivity index (χ3v) is 1.28. The highest BCUT2D eigenvalue weighted by Crippen LogP contribution is 2.17. The van der Waals surface area contributed by atoms with Crippen molar-refractivity contribution in [2.75, 3.05) is 12.3 Å². The summed E-state index contributed by atoms with van der Waals surface area (Å²) in [5.41, 5.74) is 5.29. The molecule has 1 rings (SSSR count). The second-order valence-corrected chi connectivity index (χ2v) is 2.13. The molecule has 0 spiro atoms. The first-order valence-corrected chi connectivity index (χ1v) is 3.29. The number of nitriles is 1. The zero-order valence-corrected chi connectivity index (χ0v) is 6.25. The van der Waals surface area contributed by atoms with Gasteiger partial charge in [0.25, 0.3) is 0 Å².